The highest BCUT2D eigenvalue weighted by atomic mass is 19.4. The lowest BCUT2D eigenvalue weighted by atomic mass is 9.81. The average Bonchev–Trinajstić information content (AvgIpc) is 3.27. The van der Waals surface area contributed by atoms with Gasteiger partial charge in [0.05, 0.1) is 43.1 Å². The van der Waals surface area contributed by atoms with E-state index in [9.17, 15) is 27.2 Å². The fourth-order valence-electron chi connectivity index (χ4n) is 7.50. The quantitative estimate of drug-likeness (QED) is 0.288. The van der Waals surface area contributed by atoms with Crippen LogP contribution in [0.2, 0.25) is 0 Å². The lowest BCUT2D eigenvalue weighted by Crippen LogP contribution is -2.45. The fraction of sp³-hybridized carbons (Fsp3) is 0.485. The van der Waals surface area contributed by atoms with E-state index in [2.05, 4.69) is 21.9 Å². The van der Waals surface area contributed by atoms with Gasteiger partial charge in [-0.3, -0.25) is 9.59 Å². The van der Waals surface area contributed by atoms with Gasteiger partial charge in [0, 0.05) is 29.6 Å². The number of hydrogen-bond donors (Lipinski definition) is 2. The highest BCUT2D eigenvalue weighted by Crippen LogP contribution is 2.55. The number of methoxy groups -OCH3 is 1. The Morgan fingerprint density at radius 3 is 2.60 bits per heavy atom. The van der Waals surface area contributed by atoms with Crippen LogP contribution in [0.3, 0.4) is 0 Å². The van der Waals surface area contributed by atoms with Gasteiger partial charge < -0.3 is 24.9 Å². The topological polar surface area (TPSA) is 98.2 Å². The Kier molecular flexibility index (Phi) is 7.58. The smallest absolute Gasteiger partial charge is 0.419 e. The number of fused-ring (bicyclic) bond motifs is 3. The average molecular weight is 628 g/mol. The molecule has 5 aliphatic rings. The van der Waals surface area contributed by atoms with E-state index in [1.807, 2.05) is 6.07 Å². The monoisotopic (exact) mass is 627 g/mol. The van der Waals surface area contributed by atoms with Gasteiger partial charge in [-0.15, -0.1) is 0 Å². The van der Waals surface area contributed by atoms with E-state index in [4.69, 9.17) is 14.3 Å². The van der Waals surface area contributed by atoms with Crippen LogP contribution >= 0.6 is 0 Å². The molecule has 2 aliphatic heterocycles. The van der Waals surface area contributed by atoms with Crippen molar-refractivity contribution in [1.29, 1.82) is 0 Å². The van der Waals surface area contributed by atoms with Crippen molar-refractivity contribution in [3.05, 3.63) is 70.6 Å². The summed E-state index contributed by atoms with van der Waals surface area (Å²) in [6.07, 6.45) is 1.21. The Balaban J connectivity index is 1.13. The van der Waals surface area contributed by atoms with Gasteiger partial charge in [-0.1, -0.05) is 16.8 Å². The molecule has 1 saturated heterocycles. The van der Waals surface area contributed by atoms with Crippen LogP contribution in [0.1, 0.15) is 53.6 Å². The number of ether oxygens (including phenoxy) is 2. The SMILES string of the molecule is COc1ccc(C2=NOC3COCC23)cc1C(=O)N[C@@H]1[C@@H](CC(=O)Nc2ccc(F)c(C(F)(F)F)c2)[C@H]2CC[C@@H]1/C2=C\C1CC1. The number of carbonyl (C=O) groups is 2. The van der Waals surface area contributed by atoms with E-state index < -0.39 is 23.5 Å². The molecular weight excluding hydrogens is 594 g/mol. The van der Waals surface area contributed by atoms with Crippen LogP contribution in [0.15, 0.2) is 53.2 Å². The van der Waals surface area contributed by atoms with Crippen molar-refractivity contribution in [3.63, 3.8) is 0 Å². The number of oxime groups is 1. The first-order valence-electron chi connectivity index (χ1n) is 15.3. The van der Waals surface area contributed by atoms with E-state index in [-0.39, 0.29) is 53.8 Å². The summed E-state index contributed by atoms with van der Waals surface area (Å²) >= 11 is 0. The van der Waals surface area contributed by atoms with Crippen LogP contribution in [0.25, 0.3) is 0 Å². The predicted molar refractivity (Wildman–Crippen MR) is 155 cm³/mol. The standard InChI is InChI=1S/C33H33F4N3O5/c1-43-27-9-4-17(30-24-14-44-15-28(24)45-40-30)11-23(27)32(42)39-31-20-7-6-19(21(20)10-16-2-3-16)22(31)13-29(41)38-18-5-8-26(34)25(12-18)33(35,36)37/h4-5,8-12,16,19-20,22,24,28,31H,2-3,6-7,13-15H2,1H3,(H,38,41)(H,39,42)/b21-10-/t19-,20+,22-,24?,28?,31-/m0/s1. The first-order chi connectivity index (χ1) is 21.6. The number of alkyl halides is 3. The minimum atomic E-state index is -4.89. The largest absolute Gasteiger partial charge is 0.496 e. The number of rotatable bonds is 8. The molecule has 0 spiro atoms. The van der Waals surface area contributed by atoms with Gasteiger partial charge in [0.1, 0.15) is 11.6 Å². The zero-order chi connectivity index (χ0) is 31.5. The molecule has 2 heterocycles. The Bertz CT molecular complexity index is 1590. The molecule has 8 nitrogen and oxygen atoms in total. The van der Waals surface area contributed by atoms with Crippen molar-refractivity contribution < 1.29 is 41.5 Å². The third-order valence-corrected chi connectivity index (χ3v) is 9.79. The highest BCUT2D eigenvalue weighted by molar-refractivity contribution is 6.06. The second-order valence-electron chi connectivity index (χ2n) is 12.6. The molecule has 4 fully saturated rings. The predicted octanol–water partition coefficient (Wildman–Crippen LogP) is 5.72. The molecule has 3 aliphatic carbocycles. The molecular formula is C33H33F4N3O5. The maximum atomic E-state index is 13.9. The first kappa shape index (κ1) is 29.8. The lowest BCUT2D eigenvalue weighted by molar-refractivity contribution is -0.140. The van der Waals surface area contributed by atoms with E-state index in [0.717, 1.165) is 37.3 Å². The summed E-state index contributed by atoms with van der Waals surface area (Å²) in [5.74, 6) is -1.53. The van der Waals surface area contributed by atoms with Gasteiger partial charge in [0.2, 0.25) is 5.91 Å². The molecule has 3 saturated carbocycles. The molecule has 2 bridgehead atoms. The van der Waals surface area contributed by atoms with Gasteiger partial charge in [0.15, 0.2) is 6.10 Å². The van der Waals surface area contributed by atoms with E-state index >= 15 is 0 Å². The maximum Gasteiger partial charge on any atom is 0.419 e. The molecule has 2 unspecified atom stereocenters. The molecule has 12 heteroatoms. The third kappa shape index (κ3) is 5.69. The molecule has 6 atom stereocenters. The van der Waals surface area contributed by atoms with Gasteiger partial charge in [-0.05, 0) is 79.8 Å². The number of nitrogens with zero attached hydrogens (tertiary/aromatic N) is 1. The highest BCUT2D eigenvalue weighted by Gasteiger charge is 2.52. The number of benzene rings is 2. The number of allylic oxidation sites excluding steroid dienone is 1. The van der Waals surface area contributed by atoms with Crippen LogP contribution in [-0.2, 0) is 20.5 Å². The number of halogens is 4. The van der Waals surface area contributed by atoms with Crippen LogP contribution in [0.5, 0.6) is 5.75 Å². The molecule has 0 aromatic heterocycles. The zero-order valence-electron chi connectivity index (χ0n) is 24.5. The van der Waals surface area contributed by atoms with Crippen molar-refractivity contribution in [2.45, 2.75) is 50.4 Å². The molecule has 2 amide bonds. The minimum Gasteiger partial charge on any atom is -0.496 e. The molecule has 2 N–H and O–H groups in total. The van der Waals surface area contributed by atoms with Crippen LogP contribution < -0.4 is 15.4 Å². The molecule has 0 radical (unpaired) electrons. The lowest BCUT2D eigenvalue weighted by Gasteiger charge is -2.31. The maximum absolute atomic E-state index is 13.9. The third-order valence-electron chi connectivity index (χ3n) is 9.79. The van der Waals surface area contributed by atoms with E-state index in [0.29, 0.717) is 48.3 Å². The molecule has 45 heavy (non-hydrogen) atoms. The van der Waals surface area contributed by atoms with Crippen LogP contribution in [-0.4, -0.2) is 50.0 Å². The van der Waals surface area contributed by atoms with Gasteiger partial charge in [-0.2, -0.15) is 13.2 Å². The summed E-state index contributed by atoms with van der Waals surface area (Å²) < 4.78 is 64.7. The Labute approximate surface area is 257 Å². The van der Waals surface area contributed by atoms with Crippen LogP contribution in [0, 0.1) is 35.4 Å². The summed E-state index contributed by atoms with van der Waals surface area (Å²) in [7, 11) is 1.49. The van der Waals surface area contributed by atoms with Crippen molar-refractivity contribution in [1.82, 2.24) is 5.32 Å². The Hall–Kier alpha value is -3.93. The molecule has 2 aromatic carbocycles. The Morgan fingerprint density at radius 1 is 1.04 bits per heavy atom. The minimum absolute atomic E-state index is 0.0127. The normalized spacial score (nSPS) is 29.4. The summed E-state index contributed by atoms with van der Waals surface area (Å²) in [4.78, 5) is 32.7. The number of hydrogen-bond acceptors (Lipinski definition) is 6. The van der Waals surface area contributed by atoms with Gasteiger partial charge in [-0.25, -0.2) is 4.39 Å². The first-order valence-corrected chi connectivity index (χ1v) is 15.3. The molecule has 7 rings (SSSR count). The van der Waals surface area contributed by atoms with Crippen LogP contribution in [0.4, 0.5) is 23.2 Å². The zero-order valence-corrected chi connectivity index (χ0v) is 24.5. The summed E-state index contributed by atoms with van der Waals surface area (Å²) in [5.41, 5.74) is 1.45. The van der Waals surface area contributed by atoms with Gasteiger partial charge >= 0.3 is 6.18 Å². The second-order valence-corrected chi connectivity index (χ2v) is 12.6. The fourth-order valence-corrected chi connectivity index (χ4v) is 7.50. The second kappa shape index (κ2) is 11.5. The molecule has 2 aromatic rings. The van der Waals surface area contributed by atoms with E-state index in [1.165, 1.54) is 12.7 Å². The van der Waals surface area contributed by atoms with E-state index in [1.54, 1.807) is 12.1 Å². The van der Waals surface area contributed by atoms with Crippen molar-refractivity contribution >= 4 is 23.2 Å². The summed E-state index contributed by atoms with van der Waals surface area (Å²) in [6.45, 7) is 0.944. The number of nitrogens with one attached hydrogen (secondary N) is 2. The number of amides is 2. The molecule has 238 valence electrons. The van der Waals surface area contributed by atoms with Crippen molar-refractivity contribution in [3.8, 4) is 5.75 Å². The van der Waals surface area contributed by atoms with Gasteiger partial charge in [0.25, 0.3) is 5.91 Å². The summed E-state index contributed by atoms with van der Waals surface area (Å²) in [6, 6.07) is 7.33. The number of carbonyl (C=O) groups excluding carboxylic acids is 2. The van der Waals surface area contributed by atoms with Crippen molar-refractivity contribution in [2.75, 3.05) is 25.6 Å². The van der Waals surface area contributed by atoms with Crippen molar-refractivity contribution in [2.24, 2.45) is 34.7 Å². The number of anilines is 1. The summed E-state index contributed by atoms with van der Waals surface area (Å²) in [5, 5.41) is 9.99. The Morgan fingerprint density at radius 2 is 1.84 bits per heavy atom.